The summed E-state index contributed by atoms with van der Waals surface area (Å²) in [6.45, 7) is 1.85. The van der Waals surface area contributed by atoms with Crippen molar-refractivity contribution in [1.82, 2.24) is 9.78 Å². The second-order valence-electron chi connectivity index (χ2n) is 4.41. The SMILES string of the molecule is CCC(N)(CCCn1cc(C(F)(F)F)cn1)C(=O)O. The lowest BCUT2D eigenvalue weighted by Gasteiger charge is -2.22. The molecule has 1 aromatic rings. The predicted molar refractivity (Wildman–Crippen MR) is 61.3 cm³/mol. The fourth-order valence-corrected chi connectivity index (χ4v) is 1.62. The highest BCUT2D eigenvalue weighted by atomic mass is 19.4. The van der Waals surface area contributed by atoms with E-state index in [1.165, 1.54) is 0 Å². The van der Waals surface area contributed by atoms with Gasteiger partial charge < -0.3 is 10.8 Å². The Bertz CT molecular complexity index is 445. The molecule has 1 heterocycles. The zero-order valence-corrected chi connectivity index (χ0v) is 10.4. The van der Waals surface area contributed by atoms with Crippen molar-refractivity contribution < 1.29 is 23.1 Å². The van der Waals surface area contributed by atoms with E-state index in [2.05, 4.69) is 5.10 Å². The van der Waals surface area contributed by atoms with Crippen LogP contribution in [0.4, 0.5) is 13.2 Å². The smallest absolute Gasteiger partial charge is 0.419 e. The van der Waals surface area contributed by atoms with E-state index in [0.29, 0.717) is 6.42 Å². The van der Waals surface area contributed by atoms with Crippen molar-refractivity contribution in [3.05, 3.63) is 18.0 Å². The van der Waals surface area contributed by atoms with Crippen LogP contribution in [0, 0.1) is 0 Å². The molecule has 19 heavy (non-hydrogen) atoms. The third-order valence-electron chi connectivity index (χ3n) is 3.03. The van der Waals surface area contributed by atoms with Crippen molar-refractivity contribution in [2.45, 2.75) is 44.4 Å². The fraction of sp³-hybridized carbons (Fsp3) is 0.636. The minimum absolute atomic E-state index is 0.181. The van der Waals surface area contributed by atoms with E-state index in [-0.39, 0.29) is 19.4 Å². The number of rotatable bonds is 6. The largest absolute Gasteiger partial charge is 0.480 e. The molecule has 0 bridgehead atoms. The monoisotopic (exact) mass is 279 g/mol. The zero-order valence-electron chi connectivity index (χ0n) is 10.4. The summed E-state index contributed by atoms with van der Waals surface area (Å²) in [7, 11) is 0. The molecular weight excluding hydrogens is 263 g/mol. The van der Waals surface area contributed by atoms with Gasteiger partial charge in [0.05, 0.1) is 11.8 Å². The van der Waals surface area contributed by atoms with E-state index in [1.54, 1.807) is 6.92 Å². The number of nitrogens with zero attached hydrogens (tertiary/aromatic N) is 2. The van der Waals surface area contributed by atoms with E-state index in [4.69, 9.17) is 10.8 Å². The van der Waals surface area contributed by atoms with Crippen LogP contribution in [-0.2, 0) is 17.5 Å². The minimum Gasteiger partial charge on any atom is -0.480 e. The summed E-state index contributed by atoms with van der Waals surface area (Å²) < 4.78 is 38.1. The van der Waals surface area contributed by atoms with Gasteiger partial charge in [-0.2, -0.15) is 18.3 Å². The third kappa shape index (κ3) is 3.95. The number of aryl methyl sites for hydroxylation is 1. The molecule has 0 fully saturated rings. The molecule has 8 heteroatoms. The number of hydrogen-bond donors (Lipinski definition) is 2. The van der Waals surface area contributed by atoms with Gasteiger partial charge in [-0.15, -0.1) is 0 Å². The van der Waals surface area contributed by atoms with Crippen molar-refractivity contribution in [3.63, 3.8) is 0 Å². The van der Waals surface area contributed by atoms with Gasteiger partial charge in [-0.1, -0.05) is 6.92 Å². The first-order valence-electron chi connectivity index (χ1n) is 5.81. The predicted octanol–water partition coefficient (Wildman–Crippen LogP) is 1.87. The lowest BCUT2D eigenvalue weighted by atomic mass is 9.92. The molecular formula is C11H16F3N3O2. The third-order valence-corrected chi connectivity index (χ3v) is 3.03. The van der Waals surface area contributed by atoms with Crippen LogP contribution in [0.15, 0.2) is 12.4 Å². The van der Waals surface area contributed by atoms with Crippen molar-refractivity contribution in [3.8, 4) is 0 Å². The van der Waals surface area contributed by atoms with Gasteiger partial charge in [-0.05, 0) is 19.3 Å². The van der Waals surface area contributed by atoms with E-state index < -0.39 is 23.2 Å². The Kier molecular flexibility index (Phi) is 4.56. The molecule has 0 aromatic carbocycles. The van der Waals surface area contributed by atoms with Gasteiger partial charge in [0.2, 0.25) is 0 Å². The number of carboxylic acids is 1. The highest BCUT2D eigenvalue weighted by Crippen LogP contribution is 2.28. The Morgan fingerprint density at radius 1 is 1.53 bits per heavy atom. The molecule has 5 nitrogen and oxygen atoms in total. The molecule has 3 N–H and O–H groups in total. The second-order valence-corrected chi connectivity index (χ2v) is 4.41. The van der Waals surface area contributed by atoms with Gasteiger partial charge >= 0.3 is 12.1 Å². The molecule has 1 aromatic heterocycles. The molecule has 0 aliphatic heterocycles. The molecule has 1 rings (SSSR count). The summed E-state index contributed by atoms with van der Waals surface area (Å²) in [5.41, 5.74) is 3.52. The molecule has 108 valence electrons. The lowest BCUT2D eigenvalue weighted by molar-refractivity contribution is -0.143. The Balaban J connectivity index is 2.54. The van der Waals surface area contributed by atoms with Crippen molar-refractivity contribution in [2.24, 2.45) is 5.73 Å². The summed E-state index contributed by atoms with van der Waals surface area (Å²) in [6, 6.07) is 0. The average Bonchev–Trinajstić information content (AvgIpc) is 2.77. The first-order chi connectivity index (χ1) is 8.69. The van der Waals surface area contributed by atoms with Crippen LogP contribution < -0.4 is 5.73 Å². The summed E-state index contributed by atoms with van der Waals surface area (Å²) in [5.74, 6) is -1.11. The Morgan fingerprint density at radius 3 is 2.58 bits per heavy atom. The quantitative estimate of drug-likeness (QED) is 0.833. The van der Waals surface area contributed by atoms with Crippen LogP contribution in [0.25, 0.3) is 0 Å². The number of halogens is 3. The summed E-state index contributed by atoms with van der Waals surface area (Å²) in [5, 5.41) is 12.5. The van der Waals surface area contributed by atoms with E-state index in [0.717, 1.165) is 17.1 Å². The summed E-state index contributed by atoms with van der Waals surface area (Å²) >= 11 is 0. The Hall–Kier alpha value is -1.57. The standard InChI is InChI=1S/C11H16F3N3O2/c1-2-10(15,9(18)19)4-3-5-17-7-8(6-16-17)11(12,13)14/h6-7H,2-5,15H2,1H3,(H,18,19). The van der Waals surface area contributed by atoms with Gasteiger partial charge in [0.25, 0.3) is 0 Å². The molecule has 1 atom stereocenters. The molecule has 0 saturated carbocycles. The molecule has 0 aliphatic carbocycles. The van der Waals surface area contributed by atoms with Crippen LogP contribution in [0.1, 0.15) is 31.7 Å². The summed E-state index contributed by atoms with van der Waals surface area (Å²) in [6.07, 6.45) is -2.00. The average molecular weight is 279 g/mol. The zero-order chi connectivity index (χ0) is 14.7. The fourth-order valence-electron chi connectivity index (χ4n) is 1.62. The second kappa shape index (κ2) is 5.60. The molecule has 0 radical (unpaired) electrons. The van der Waals surface area contributed by atoms with E-state index >= 15 is 0 Å². The molecule has 0 spiro atoms. The van der Waals surface area contributed by atoms with Crippen LogP contribution in [0.2, 0.25) is 0 Å². The number of hydrogen-bond acceptors (Lipinski definition) is 3. The number of carbonyl (C=O) groups is 1. The van der Waals surface area contributed by atoms with Crippen LogP contribution in [0.3, 0.4) is 0 Å². The first-order valence-corrected chi connectivity index (χ1v) is 5.81. The van der Waals surface area contributed by atoms with Crippen molar-refractivity contribution in [1.29, 1.82) is 0 Å². The highest BCUT2D eigenvalue weighted by molar-refractivity contribution is 5.78. The van der Waals surface area contributed by atoms with Crippen molar-refractivity contribution in [2.75, 3.05) is 0 Å². The topological polar surface area (TPSA) is 81.1 Å². The molecule has 1 unspecified atom stereocenters. The minimum atomic E-state index is -4.42. The van der Waals surface area contributed by atoms with Crippen LogP contribution in [-0.4, -0.2) is 26.4 Å². The number of nitrogens with two attached hydrogens (primary N) is 1. The van der Waals surface area contributed by atoms with Gasteiger partial charge in [-0.25, -0.2) is 0 Å². The van der Waals surface area contributed by atoms with Gasteiger partial charge in [-0.3, -0.25) is 9.48 Å². The van der Waals surface area contributed by atoms with E-state index in [9.17, 15) is 18.0 Å². The summed E-state index contributed by atoms with van der Waals surface area (Å²) in [4.78, 5) is 10.9. The Labute approximate surface area is 108 Å². The van der Waals surface area contributed by atoms with Gasteiger partial charge in [0.1, 0.15) is 5.54 Å². The van der Waals surface area contributed by atoms with Crippen LogP contribution >= 0.6 is 0 Å². The lowest BCUT2D eigenvalue weighted by Crippen LogP contribution is -2.47. The number of alkyl halides is 3. The number of aromatic nitrogens is 2. The van der Waals surface area contributed by atoms with E-state index in [1.807, 2.05) is 0 Å². The highest BCUT2D eigenvalue weighted by Gasteiger charge is 2.33. The Morgan fingerprint density at radius 2 is 2.16 bits per heavy atom. The normalized spacial score (nSPS) is 15.2. The molecule has 0 saturated heterocycles. The number of aliphatic carboxylic acids is 1. The van der Waals surface area contributed by atoms with Crippen LogP contribution in [0.5, 0.6) is 0 Å². The maximum atomic E-state index is 12.3. The van der Waals surface area contributed by atoms with Gasteiger partial charge in [0, 0.05) is 12.7 Å². The molecule has 0 aliphatic rings. The maximum absolute atomic E-state index is 12.3. The first kappa shape index (κ1) is 15.5. The molecule has 0 amide bonds. The van der Waals surface area contributed by atoms with Gasteiger partial charge in [0.15, 0.2) is 0 Å². The maximum Gasteiger partial charge on any atom is 0.419 e. The van der Waals surface area contributed by atoms with Crippen molar-refractivity contribution >= 4 is 5.97 Å². The number of carboxylic acid groups (broad SMARTS) is 1.